The van der Waals surface area contributed by atoms with Crippen LogP contribution in [-0.4, -0.2) is 11.3 Å². The maximum atomic E-state index is 12.7. The molecular formula is C12H11N2O2P. The molecule has 0 aliphatic carbocycles. The molecule has 0 saturated heterocycles. The molecule has 0 saturated carbocycles. The van der Waals surface area contributed by atoms with E-state index < -0.39 is 7.29 Å². The molecule has 0 unspecified atom stereocenters. The molecule has 86 valence electrons. The maximum Gasteiger partial charge on any atom is 0.239 e. The largest absolute Gasteiger partial charge is 0.483 e. The lowest BCUT2D eigenvalue weighted by molar-refractivity contribution is 0.394. The third-order valence-electron chi connectivity index (χ3n) is 2.62. The third-order valence-corrected chi connectivity index (χ3v) is 4.85. The van der Waals surface area contributed by atoms with Crippen LogP contribution < -0.4 is 15.1 Å². The van der Waals surface area contributed by atoms with Crippen molar-refractivity contribution in [3.63, 3.8) is 0 Å². The average Bonchev–Trinajstić information content (AvgIpc) is 2.69. The highest BCUT2D eigenvalue weighted by Gasteiger charge is 2.35. The topological polar surface area (TPSA) is 51.2 Å². The van der Waals surface area contributed by atoms with Crippen LogP contribution in [0.15, 0.2) is 48.7 Å². The third kappa shape index (κ3) is 1.81. The molecule has 0 fully saturated rings. The minimum atomic E-state index is -2.72. The highest BCUT2D eigenvalue weighted by atomic mass is 31.2. The first-order chi connectivity index (χ1) is 8.28. The van der Waals surface area contributed by atoms with E-state index in [2.05, 4.69) is 10.1 Å². The molecule has 2 aromatic rings. The summed E-state index contributed by atoms with van der Waals surface area (Å²) in [6.07, 6.45) is 1.85. The Labute approximate surface area is 99.1 Å². The molecule has 1 aromatic heterocycles. The number of nitrogens with zero attached hydrogens (tertiary/aromatic N) is 1. The second-order valence-electron chi connectivity index (χ2n) is 3.81. The number of pyridine rings is 1. The van der Waals surface area contributed by atoms with Gasteiger partial charge in [-0.15, -0.1) is 0 Å². The SMILES string of the molecule is O=[P@]1(Nc2ccccn2)COc2ccccc21. The normalized spacial score (nSPS) is 21.6. The van der Waals surface area contributed by atoms with Gasteiger partial charge in [0.2, 0.25) is 7.29 Å². The van der Waals surface area contributed by atoms with Gasteiger partial charge in [0.25, 0.3) is 0 Å². The molecule has 1 aromatic carbocycles. The standard InChI is InChI=1S/C12H11N2O2P/c15-17(14-12-7-3-4-8-13-12)9-16-10-5-1-2-6-11(10)17/h1-8H,9H2,(H,13,14,15)/t17-/m1/s1. The maximum absolute atomic E-state index is 12.7. The first-order valence-corrected chi connectivity index (χ1v) is 7.18. The number of rotatable bonds is 2. The predicted molar refractivity (Wildman–Crippen MR) is 67.0 cm³/mol. The van der Waals surface area contributed by atoms with Crippen LogP contribution in [0.25, 0.3) is 0 Å². The van der Waals surface area contributed by atoms with Crippen LogP contribution in [0.1, 0.15) is 0 Å². The molecule has 5 heteroatoms. The Balaban J connectivity index is 1.97. The highest BCUT2D eigenvalue weighted by molar-refractivity contribution is 7.73. The smallest absolute Gasteiger partial charge is 0.239 e. The van der Waals surface area contributed by atoms with E-state index in [9.17, 15) is 4.57 Å². The van der Waals surface area contributed by atoms with Gasteiger partial charge >= 0.3 is 0 Å². The fourth-order valence-electron chi connectivity index (χ4n) is 1.81. The van der Waals surface area contributed by atoms with Crippen LogP contribution in [0.2, 0.25) is 0 Å². The van der Waals surface area contributed by atoms with Crippen molar-refractivity contribution < 1.29 is 9.30 Å². The Bertz CT molecular complexity index is 586. The molecule has 0 radical (unpaired) electrons. The molecule has 1 N–H and O–H groups in total. The molecule has 2 heterocycles. The zero-order chi connectivity index (χ0) is 11.7. The van der Waals surface area contributed by atoms with Crippen molar-refractivity contribution >= 4 is 18.4 Å². The number of hydrogen-bond donors (Lipinski definition) is 1. The van der Waals surface area contributed by atoms with Gasteiger partial charge in [0, 0.05) is 6.20 Å². The van der Waals surface area contributed by atoms with E-state index >= 15 is 0 Å². The number of para-hydroxylation sites is 1. The minimum absolute atomic E-state index is 0.183. The zero-order valence-corrected chi connectivity index (χ0v) is 9.93. The fraction of sp³-hybridized carbons (Fsp3) is 0.0833. The van der Waals surface area contributed by atoms with Crippen LogP contribution in [0.4, 0.5) is 5.82 Å². The molecule has 4 nitrogen and oxygen atoms in total. The van der Waals surface area contributed by atoms with E-state index in [1.54, 1.807) is 12.3 Å². The molecule has 1 aliphatic heterocycles. The number of nitrogens with one attached hydrogen (secondary N) is 1. The monoisotopic (exact) mass is 246 g/mol. The van der Waals surface area contributed by atoms with Crippen LogP contribution in [-0.2, 0) is 4.57 Å². The number of anilines is 1. The van der Waals surface area contributed by atoms with Gasteiger partial charge in [-0.25, -0.2) is 4.98 Å². The van der Waals surface area contributed by atoms with E-state index in [-0.39, 0.29) is 6.35 Å². The average molecular weight is 246 g/mol. The Kier molecular flexibility index (Phi) is 2.37. The molecule has 0 spiro atoms. The minimum Gasteiger partial charge on any atom is -0.483 e. The first-order valence-electron chi connectivity index (χ1n) is 5.29. The van der Waals surface area contributed by atoms with E-state index in [0.29, 0.717) is 11.6 Å². The van der Waals surface area contributed by atoms with Gasteiger partial charge in [-0.1, -0.05) is 18.2 Å². The molecule has 0 bridgehead atoms. The highest BCUT2D eigenvalue weighted by Crippen LogP contribution is 2.50. The molecule has 0 amide bonds. The van der Waals surface area contributed by atoms with Gasteiger partial charge in [0.15, 0.2) is 6.35 Å². The second kappa shape index (κ2) is 3.90. The van der Waals surface area contributed by atoms with Gasteiger partial charge in [-0.05, 0) is 24.3 Å². The van der Waals surface area contributed by atoms with Crippen molar-refractivity contribution in [3.8, 4) is 5.75 Å². The van der Waals surface area contributed by atoms with Gasteiger partial charge in [-0.3, -0.25) is 4.57 Å². The number of benzene rings is 1. The van der Waals surface area contributed by atoms with E-state index in [1.807, 2.05) is 36.4 Å². The van der Waals surface area contributed by atoms with Crippen LogP contribution in [0, 0.1) is 0 Å². The summed E-state index contributed by atoms with van der Waals surface area (Å²) in [7, 11) is -2.72. The molecule has 1 aliphatic rings. The molecule has 1 atom stereocenters. The molecular weight excluding hydrogens is 235 g/mol. The van der Waals surface area contributed by atoms with Crippen LogP contribution in [0.3, 0.4) is 0 Å². The number of aromatic nitrogens is 1. The second-order valence-corrected chi connectivity index (χ2v) is 6.25. The zero-order valence-electron chi connectivity index (χ0n) is 9.04. The van der Waals surface area contributed by atoms with Crippen molar-refractivity contribution in [1.29, 1.82) is 0 Å². The van der Waals surface area contributed by atoms with Crippen molar-refractivity contribution in [2.24, 2.45) is 0 Å². The number of ether oxygens (including phenoxy) is 1. The lowest BCUT2D eigenvalue weighted by Crippen LogP contribution is -2.09. The van der Waals surface area contributed by atoms with Crippen molar-refractivity contribution in [1.82, 2.24) is 4.98 Å². The van der Waals surface area contributed by atoms with Gasteiger partial charge in [-0.2, -0.15) is 0 Å². The Hall–Kier alpha value is -1.80. The summed E-state index contributed by atoms with van der Waals surface area (Å²) in [5, 5.41) is 3.73. The van der Waals surface area contributed by atoms with Crippen molar-refractivity contribution in [3.05, 3.63) is 48.7 Å². The van der Waals surface area contributed by atoms with Gasteiger partial charge < -0.3 is 9.82 Å². The Morgan fingerprint density at radius 3 is 2.82 bits per heavy atom. The Morgan fingerprint density at radius 2 is 2.00 bits per heavy atom. The predicted octanol–water partition coefficient (Wildman–Crippen LogP) is 2.45. The Morgan fingerprint density at radius 1 is 1.18 bits per heavy atom. The quantitative estimate of drug-likeness (QED) is 0.827. The van der Waals surface area contributed by atoms with Gasteiger partial charge in [0.05, 0.1) is 5.30 Å². The summed E-state index contributed by atoms with van der Waals surface area (Å²) in [6.45, 7) is 0. The fourth-order valence-corrected chi connectivity index (χ4v) is 3.78. The van der Waals surface area contributed by atoms with Crippen LogP contribution in [0.5, 0.6) is 5.75 Å². The lowest BCUT2D eigenvalue weighted by atomic mass is 10.3. The first kappa shape index (κ1) is 10.4. The number of fused-ring (bicyclic) bond motifs is 1. The van der Waals surface area contributed by atoms with E-state index in [0.717, 1.165) is 5.30 Å². The summed E-state index contributed by atoms with van der Waals surface area (Å²) in [6, 6.07) is 12.9. The summed E-state index contributed by atoms with van der Waals surface area (Å²) >= 11 is 0. The van der Waals surface area contributed by atoms with Crippen molar-refractivity contribution in [2.75, 3.05) is 11.4 Å². The molecule has 3 rings (SSSR count). The van der Waals surface area contributed by atoms with E-state index in [1.165, 1.54) is 0 Å². The number of hydrogen-bond acceptors (Lipinski definition) is 3. The summed E-state index contributed by atoms with van der Waals surface area (Å²) < 4.78 is 18.2. The van der Waals surface area contributed by atoms with E-state index in [4.69, 9.17) is 4.74 Å². The summed E-state index contributed by atoms with van der Waals surface area (Å²) in [4.78, 5) is 4.12. The lowest BCUT2D eigenvalue weighted by Gasteiger charge is -2.12. The van der Waals surface area contributed by atoms with Crippen LogP contribution >= 0.6 is 7.29 Å². The van der Waals surface area contributed by atoms with Crippen molar-refractivity contribution in [2.45, 2.75) is 0 Å². The molecule has 17 heavy (non-hydrogen) atoms. The summed E-state index contributed by atoms with van der Waals surface area (Å²) in [5.41, 5.74) is 0. The van der Waals surface area contributed by atoms with Gasteiger partial charge in [0.1, 0.15) is 11.6 Å². The summed E-state index contributed by atoms with van der Waals surface area (Å²) in [5.74, 6) is 1.30.